The molecule has 2 unspecified atom stereocenters. The van der Waals surface area contributed by atoms with Crippen molar-refractivity contribution in [2.45, 2.75) is 12.2 Å². The third-order valence-electron chi connectivity index (χ3n) is 4.48. The summed E-state index contributed by atoms with van der Waals surface area (Å²) >= 11 is 0. The number of phenolic OH excluding ortho intramolecular Hbond substituents is 2. The number of ether oxygens (including phenoxy) is 4. The number of benzene rings is 2. The van der Waals surface area contributed by atoms with Gasteiger partial charge in [-0.3, -0.25) is 0 Å². The molecule has 2 rings (SSSR count). The van der Waals surface area contributed by atoms with Crippen LogP contribution in [-0.2, 0) is 28.7 Å². The Labute approximate surface area is 204 Å². The van der Waals surface area contributed by atoms with Gasteiger partial charge in [-0.1, -0.05) is 12.1 Å². The highest BCUT2D eigenvalue weighted by Crippen LogP contribution is 2.27. The molecule has 0 spiro atoms. The minimum atomic E-state index is -2.36. The van der Waals surface area contributed by atoms with Gasteiger partial charge < -0.3 is 39.4 Å². The molecule has 12 nitrogen and oxygen atoms in total. The van der Waals surface area contributed by atoms with Gasteiger partial charge in [0, 0.05) is 12.2 Å². The summed E-state index contributed by atoms with van der Waals surface area (Å²) in [5.74, 6) is -6.25. The summed E-state index contributed by atoms with van der Waals surface area (Å²) < 4.78 is 19.3. The summed E-state index contributed by atoms with van der Waals surface area (Å²) in [6, 6.07) is 8.21. The summed E-state index contributed by atoms with van der Waals surface area (Å²) in [5.41, 5.74) is 0.761. The number of aromatic hydroxyl groups is 2. The van der Waals surface area contributed by atoms with Crippen molar-refractivity contribution in [2.24, 2.45) is 0 Å². The summed E-state index contributed by atoms with van der Waals surface area (Å²) in [7, 11) is 2.64. The van der Waals surface area contributed by atoms with E-state index < -0.39 is 36.1 Å². The molecule has 0 aliphatic carbocycles. The number of hydrogen-bond acceptors (Lipinski definition) is 10. The molecule has 0 saturated heterocycles. The third-order valence-corrected chi connectivity index (χ3v) is 4.48. The molecule has 0 heterocycles. The van der Waals surface area contributed by atoms with Crippen molar-refractivity contribution in [2.75, 3.05) is 14.2 Å². The number of carboxylic acid groups (broad SMARTS) is 2. The molecular formula is C24H22O12. The molecule has 0 radical (unpaired) electrons. The van der Waals surface area contributed by atoms with Crippen LogP contribution in [0.1, 0.15) is 11.1 Å². The van der Waals surface area contributed by atoms with Gasteiger partial charge in [0.25, 0.3) is 0 Å². The minimum Gasteiger partial charge on any atom is -0.504 e. The van der Waals surface area contributed by atoms with Crippen LogP contribution in [0.25, 0.3) is 12.2 Å². The van der Waals surface area contributed by atoms with Gasteiger partial charge in [0.2, 0.25) is 12.2 Å². The molecule has 36 heavy (non-hydrogen) atoms. The standard InChI is InChI=1S/C24H22O12/c1-33-17-11-13(3-7-15(17)25)5-9-19(27)35-21(23(29)30)22(24(31)32)36-20(28)10-6-14-4-8-16(26)18(12-14)34-2/h3-12,21-22,25-26H,1-2H3,(H,29,30)(H,31,32)/b9-5+,10-6+. The lowest BCUT2D eigenvalue weighted by molar-refractivity contribution is -0.183. The lowest BCUT2D eigenvalue weighted by Crippen LogP contribution is -2.45. The highest BCUT2D eigenvalue weighted by Gasteiger charge is 2.40. The summed E-state index contributed by atoms with van der Waals surface area (Å²) in [6.07, 6.45) is -0.666. The molecule has 2 aromatic rings. The van der Waals surface area contributed by atoms with E-state index in [9.17, 15) is 39.6 Å². The lowest BCUT2D eigenvalue weighted by Gasteiger charge is -2.19. The molecule has 0 amide bonds. The Morgan fingerprint density at radius 3 is 1.36 bits per heavy atom. The number of carboxylic acids is 2. The molecule has 190 valence electrons. The normalized spacial score (nSPS) is 12.6. The van der Waals surface area contributed by atoms with Gasteiger partial charge in [-0.2, -0.15) is 0 Å². The maximum atomic E-state index is 12.1. The van der Waals surface area contributed by atoms with Crippen molar-refractivity contribution in [1.29, 1.82) is 0 Å². The van der Waals surface area contributed by atoms with Crippen molar-refractivity contribution in [3.05, 3.63) is 59.7 Å². The van der Waals surface area contributed by atoms with Crippen molar-refractivity contribution in [3.63, 3.8) is 0 Å². The van der Waals surface area contributed by atoms with Crippen molar-refractivity contribution >= 4 is 36.0 Å². The van der Waals surface area contributed by atoms with Gasteiger partial charge in [-0.15, -0.1) is 0 Å². The van der Waals surface area contributed by atoms with Crippen LogP contribution in [0.3, 0.4) is 0 Å². The van der Waals surface area contributed by atoms with Crippen molar-refractivity contribution < 1.29 is 58.6 Å². The number of hydrogen-bond donors (Lipinski definition) is 4. The minimum absolute atomic E-state index is 0.116. The number of phenols is 2. The molecule has 0 aliphatic rings. The quantitative estimate of drug-likeness (QED) is 0.258. The van der Waals surface area contributed by atoms with Crippen LogP contribution >= 0.6 is 0 Å². The number of aliphatic carboxylic acids is 2. The fourth-order valence-electron chi connectivity index (χ4n) is 2.74. The maximum Gasteiger partial charge on any atom is 0.349 e. The second-order valence-electron chi connectivity index (χ2n) is 6.92. The van der Waals surface area contributed by atoms with Gasteiger partial charge in [0.15, 0.2) is 23.0 Å². The van der Waals surface area contributed by atoms with Crippen LogP contribution in [0, 0.1) is 0 Å². The van der Waals surface area contributed by atoms with Crippen LogP contribution in [0.15, 0.2) is 48.6 Å². The van der Waals surface area contributed by atoms with E-state index in [1.807, 2.05) is 0 Å². The van der Waals surface area contributed by atoms with E-state index in [0.29, 0.717) is 11.1 Å². The molecule has 2 atom stereocenters. The van der Waals surface area contributed by atoms with E-state index in [1.54, 1.807) is 0 Å². The largest absolute Gasteiger partial charge is 0.504 e. The van der Waals surface area contributed by atoms with E-state index in [2.05, 4.69) is 0 Å². The molecule has 0 saturated carbocycles. The molecule has 0 aliphatic heterocycles. The zero-order valence-electron chi connectivity index (χ0n) is 19.0. The highest BCUT2D eigenvalue weighted by molar-refractivity contribution is 5.93. The first-order chi connectivity index (χ1) is 17.0. The number of carbonyl (C=O) groups is 4. The first-order valence-electron chi connectivity index (χ1n) is 10.0. The monoisotopic (exact) mass is 502 g/mol. The average molecular weight is 502 g/mol. The van der Waals surface area contributed by atoms with Crippen LogP contribution in [0.4, 0.5) is 0 Å². The Morgan fingerprint density at radius 2 is 1.06 bits per heavy atom. The van der Waals surface area contributed by atoms with Crippen molar-refractivity contribution in [1.82, 2.24) is 0 Å². The molecule has 2 aromatic carbocycles. The molecule has 12 heteroatoms. The SMILES string of the molecule is COc1cc(/C=C/C(=O)OC(C(=O)O)C(OC(=O)/C=C/c2ccc(O)c(OC)c2)C(=O)O)ccc1O. The zero-order valence-corrected chi connectivity index (χ0v) is 19.0. The number of rotatable bonds is 11. The summed E-state index contributed by atoms with van der Waals surface area (Å²) in [4.78, 5) is 47.4. The predicted octanol–water partition coefficient (Wildman–Crippen LogP) is 1.83. The summed E-state index contributed by atoms with van der Waals surface area (Å²) in [5, 5.41) is 37.9. The lowest BCUT2D eigenvalue weighted by atomic mass is 10.1. The van der Waals surface area contributed by atoms with Crippen LogP contribution in [0.2, 0.25) is 0 Å². The van der Waals surface area contributed by atoms with Gasteiger partial charge >= 0.3 is 23.9 Å². The second-order valence-corrected chi connectivity index (χ2v) is 6.92. The van der Waals surface area contributed by atoms with Gasteiger partial charge in [0.1, 0.15) is 0 Å². The molecule has 0 fully saturated rings. The number of methoxy groups -OCH3 is 2. The first-order valence-corrected chi connectivity index (χ1v) is 10.0. The third kappa shape index (κ3) is 7.52. The Kier molecular flexibility index (Phi) is 9.43. The molecule has 4 N–H and O–H groups in total. The Hall–Kier alpha value is -5.00. The Morgan fingerprint density at radius 1 is 0.694 bits per heavy atom. The average Bonchev–Trinajstić information content (AvgIpc) is 2.84. The van der Waals surface area contributed by atoms with Crippen molar-refractivity contribution in [3.8, 4) is 23.0 Å². The molecular weight excluding hydrogens is 480 g/mol. The van der Waals surface area contributed by atoms with E-state index in [1.165, 1.54) is 62.8 Å². The summed E-state index contributed by atoms with van der Waals surface area (Å²) in [6.45, 7) is 0. The fourth-order valence-corrected chi connectivity index (χ4v) is 2.74. The Balaban J connectivity index is 2.12. The van der Waals surface area contributed by atoms with Crippen LogP contribution in [0.5, 0.6) is 23.0 Å². The zero-order chi connectivity index (χ0) is 26.8. The van der Waals surface area contributed by atoms with Gasteiger partial charge in [-0.05, 0) is 47.5 Å². The van der Waals surface area contributed by atoms with Gasteiger partial charge in [-0.25, -0.2) is 19.2 Å². The second kappa shape index (κ2) is 12.5. The maximum absolute atomic E-state index is 12.1. The van der Waals surface area contributed by atoms with Crippen LogP contribution < -0.4 is 9.47 Å². The highest BCUT2D eigenvalue weighted by atomic mass is 16.6. The van der Waals surface area contributed by atoms with Crippen LogP contribution in [-0.4, -0.2) is 70.7 Å². The van der Waals surface area contributed by atoms with E-state index in [-0.39, 0.29) is 23.0 Å². The number of esters is 2. The number of carbonyl (C=O) groups excluding carboxylic acids is 2. The van der Waals surface area contributed by atoms with E-state index >= 15 is 0 Å². The Bertz CT molecular complexity index is 1100. The fraction of sp³-hybridized carbons (Fsp3) is 0.167. The first kappa shape index (κ1) is 27.2. The smallest absolute Gasteiger partial charge is 0.349 e. The van der Waals surface area contributed by atoms with E-state index in [0.717, 1.165) is 12.2 Å². The molecule has 0 bridgehead atoms. The van der Waals surface area contributed by atoms with E-state index in [4.69, 9.17) is 18.9 Å². The predicted molar refractivity (Wildman–Crippen MR) is 122 cm³/mol. The molecule has 0 aromatic heterocycles. The van der Waals surface area contributed by atoms with Gasteiger partial charge in [0.05, 0.1) is 14.2 Å². The topological polar surface area (TPSA) is 186 Å².